The second-order valence-corrected chi connectivity index (χ2v) is 4.26. The highest BCUT2D eigenvalue weighted by Gasteiger charge is 2.36. The Balaban J connectivity index is 2.55. The van der Waals surface area contributed by atoms with Crippen molar-refractivity contribution in [2.45, 2.75) is 51.6 Å². The summed E-state index contributed by atoms with van der Waals surface area (Å²) in [4.78, 5) is 11.0. The summed E-state index contributed by atoms with van der Waals surface area (Å²) in [7, 11) is 0. The molecule has 3 heteroatoms. The van der Waals surface area contributed by atoms with Crippen LogP contribution in [-0.4, -0.2) is 22.3 Å². The molecule has 0 bridgehead atoms. The van der Waals surface area contributed by atoms with Gasteiger partial charge >= 0.3 is 5.97 Å². The number of unbranched alkanes of at least 4 members (excludes halogenated alkanes) is 1. The number of aliphatic carboxylic acids is 1. The molecule has 3 unspecified atom stereocenters. The first kappa shape index (κ1) is 11.5. The van der Waals surface area contributed by atoms with Crippen LogP contribution in [0.1, 0.15) is 45.4 Å². The minimum Gasteiger partial charge on any atom is -0.481 e. The topological polar surface area (TPSA) is 57.5 Å². The third-order valence-corrected chi connectivity index (χ3v) is 3.21. The highest BCUT2D eigenvalue weighted by molar-refractivity contribution is 5.71. The molecular weight excluding hydrogens is 180 g/mol. The average Bonchev–Trinajstić information content (AvgIpc) is 2.14. The fourth-order valence-electron chi connectivity index (χ4n) is 2.42. The number of rotatable bonds is 4. The molecule has 1 aliphatic carbocycles. The zero-order valence-electron chi connectivity index (χ0n) is 8.78. The second kappa shape index (κ2) is 5.35. The van der Waals surface area contributed by atoms with Crippen molar-refractivity contribution in [3.8, 4) is 0 Å². The van der Waals surface area contributed by atoms with Crippen molar-refractivity contribution in [3.63, 3.8) is 0 Å². The largest absolute Gasteiger partial charge is 0.481 e. The number of carboxylic acid groups (broad SMARTS) is 1. The third kappa shape index (κ3) is 2.71. The highest BCUT2D eigenvalue weighted by atomic mass is 16.4. The molecule has 0 amide bonds. The molecule has 0 radical (unpaired) electrons. The Bertz CT molecular complexity index is 191. The van der Waals surface area contributed by atoms with Crippen LogP contribution in [0.15, 0.2) is 0 Å². The van der Waals surface area contributed by atoms with E-state index in [2.05, 4.69) is 6.92 Å². The smallest absolute Gasteiger partial charge is 0.309 e. The summed E-state index contributed by atoms with van der Waals surface area (Å²) in [6.07, 6.45) is 5.08. The van der Waals surface area contributed by atoms with Crippen molar-refractivity contribution in [1.29, 1.82) is 0 Å². The van der Waals surface area contributed by atoms with Gasteiger partial charge in [0, 0.05) is 0 Å². The summed E-state index contributed by atoms with van der Waals surface area (Å²) in [6, 6.07) is 0. The maximum atomic E-state index is 11.0. The van der Waals surface area contributed by atoms with Crippen molar-refractivity contribution in [3.05, 3.63) is 0 Å². The van der Waals surface area contributed by atoms with Crippen molar-refractivity contribution in [1.82, 2.24) is 0 Å². The van der Waals surface area contributed by atoms with Gasteiger partial charge in [-0.25, -0.2) is 0 Å². The molecule has 0 spiro atoms. The number of carboxylic acids is 1. The Morgan fingerprint density at radius 3 is 2.71 bits per heavy atom. The molecule has 3 atom stereocenters. The predicted octanol–water partition coefficient (Wildman–Crippen LogP) is 2.04. The number of carbonyl (C=O) groups is 1. The van der Waals surface area contributed by atoms with Gasteiger partial charge in [0.15, 0.2) is 0 Å². The molecule has 1 rings (SSSR count). The predicted molar refractivity (Wildman–Crippen MR) is 54.0 cm³/mol. The van der Waals surface area contributed by atoms with Gasteiger partial charge < -0.3 is 10.2 Å². The Hall–Kier alpha value is -0.570. The first-order chi connectivity index (χ1) is 6.66. The first-order valence-electron chi connectivity index (χ1n) is 5.57. The van der Waals surface area contributed by atoms with E-state index in [9.17, 15) is 9.90 Å². The molecule has 1 aliphatic rings. The van der Waals surface area contributed by atoms with E-state index in [0.717, 1.165) is 32.1 Å². The van der Waals surface area contributed by atoms with Crippen molar-refractivity contribution in [2.24, 2.45) is 11.8 Å². The quantitative estimate of drug-likeness (QED) is 0.730. The summed E-state index contributed by atoms with van der Waals surface area (Å²) < 4.78 is 0. The van der Waals surface area contributed by atoms with Gasteiger partial charge in [0.1, 0.15) is 0 Å². The van der Waals surface area contributed by atoms with Crippen LogP contribution < -0.4 is 0 Å². The number of hydrogen-bond donors (Lipinski definition) is 2. The molecule has 3 nitrogen and oxygen atoms in total. The highest BCUT2D eigenvalue weighted by Crippen LogP contribution is 2.33. The first-order valence-corrected chi connectivity index (χ1v) is 5.57. The molecule has 2 N–H and O–H groups in total. The van der Waals surface area contributed by atoms with Crippen LogP contribution in [0.5, 0.6) is 0 Å². The maximum Gasteiger partial charge on any atom is 0.309 e. The molecule has 1 fully saturated rings. The molecule has 0 aromatic carbocycles. The van der Waals surface area contributed by atoms with Gasteiger partial charge in [-0.2, -0.15) is 0 Å². The van der Waals surface area contributed by atoms with Crippen LogP contribution in [0.25, 0.3) is 0 Å². The van der Waals surface area contributed by atoms with Gasteiger partial charge in [0.2, 0.25) is 0 Å². The fourth-order valence-corrected chi connectivity index (χ4v) is 2.42. The molecule has 82 valence electrons. The van der Waals surface area contributed by atoms with Gasteiger partial charge in [-0.05, 0) is 25.2 Å². The zero-order valence-corrected chi connectivity index (χ0v) is 8.78. The van der Waals surface area contributed by atoms with E-state index in [1.807, 2.05) is 0 Å². The normalized spacial score (nSPS) is 32.9. The lowest BCUT2D eigenvalue weighted by atomic mass is 9.75. The van der Waals surface area contributed by atoms with Crippen LogP contribution in [0, 0.1) is 11.8 Å². The lowest BCUT2D eigenvalue weighted by Gasteiger charge is -2.32. The number of hydrogen-bond acceptors (Lipinski definition) is 2. The molecular formula is C11H20O3. The van der Waals surface area contributed by atoms with Gasteiger partial charge in [-0.3, -0.25) is 4.79 Å². The van der Waals surface area contributed by atoms with Gasteiger partial charge in [-0.1, -0.05) is 26.2 Å². The van der Waals surface area contributed by atoms with Crippen LogP contribution in [0.3, 0.4) is 0 Å². The summed E-state index contributed by atoms with van der Waals surface area (Å²) in [6.45, 7) is 2.11. The molecule has 0 aromatic heterocycles. The molecule has 0 aliphatic heterocycles. The van der Waals surface area contributed by atoms with E-state index in [1.54, 1.807) is 0 Å². The molecule has 1 saturated carbocycles. The summed E-state index contributed by atoms with van der Waals surface area (Å²) in [5.41, 5.74) is 0. The van der Waals surface area contributed by atoms with E-state index in [4.69, 9.17) is 5.11 Å². The monoisotopic (exact) mass is 200 g/mol. The van der Waals surface area contributed by atoms with E-state index in [0.29, 0.717) is 6.42 Å². The Morgan fingerprint density at radius 1 is 1.43 bits per heavy atom. The zero-order chi connectivity index (χ0) is 10.6. The van der Waals surface area contributed by atoms with E-state index in [-0.39, 0.29) is 5.92 Å². The minimum absolute atomic E-state index is 0.191. The molecule has 0 saturated heterocycles. The number of aliphatic hydroxyl groups excluding tert-OH is 1. The summed E-state index contributed by atoms with van der Waals surface area (Å²) >= 11 is 0. The maximum absolute atomic E-state index is 11.0. The minimum atomic E-state index is -0.821. The summed E-state index contributed by atoms with van der Waals surface area (Å²) in [5.74, 6) is -1.15. The standard InChI is InChI=1S/C11H20O3/c1-2-3-5-8-6-4-7-9(12)10(8)11(13)14/h8-10,12H,2-7H2,1H3,(H,13,14). The van der Waals surface area contributed by atoms with Crippen molar-refractivity contribution in [2.75, 3.05) is 0 Å². The molecule has 14 heavy (non-hydrogen) atoms. The van der Waals surface area contributed by atoms with Gasteiger partial charge in [0.05, 0.1) is 12.0 Å². The Morgan fingerprint density at radius 2 is 2.14 bits per heavy atom. The third-order valence-electron chi connectivity index (χ3n) is 3.21. The average molecular weight is 200 g/mol. The second-order valence-electron chi connectivity index (χ2n) is 4.26. The van der Waals surface area contributed by atoms with Crippen LogP contribution in [0.4, 0.5) is 0 Å². The van der Waals surface area contributed by atoms with E-state index in [1.165, 1.54) is 0 Å². The lowest BCUT2D eigenvalue weighted by molar-refractivity contribution is -0.150. The van der Waals surface area contributed by atoms with Crippen molar-refractivity contribution >= 4 is 5.97 Å². The van der Waals surface area contributed by atoms with Gasteiger partial charge in [-0.15, -0.1) is 0 Å². The van der Waals surface area contributed by atoms with Crippen LogP contribution in [0.2, 0.25) is 0 Å². The van der Waals surface area contributed by atoms with Gasteiger partial charge in [0.25, 0.3) is 0 Å². The van der Waals surface area contributed by atoms with E-state index < -0.39 is 18.0 Å². The molecule has 0 heterocycles. The summed E-state index contributed by atoms with van der Waals surface area (Å²) in [5, 5.41) is 18.6. The Kier molecular flexibility index (Phi) is 4.39. The van der Waals surface area contributed by atoms with E-state index >= 15 is 0 Å². The lowest BCUT2D eigenvalue weighted by Crippen LogP contribution is -2.38. The fraction of sp³-hybridized carbons (Fsp3) is 0.909. The van der Waals surface area contributed by atoms with Crippen LogP contribution >= 0.6 is 0 Å². The van der Waals surface area contributed by atoms with Crippen molar-refractivity contribution < 1.29 is 15.0 Å². The molecule has 0 aromatic rings. The van der Waals surface area contributed by atoms with Crippen LogP contribution in [-0.2, 0) is 4.79 Å². The Labute approximate surface area is 85.1 Å². The SMILES string of the molecule is CCCCC1CCCC(O)C1C(=O)O. The number of aliphatic hydroxyl groups is 1.